The molecule has 0 unspecified atom stereocenters. The number of fused-ring (bicyclic) bond motifs is 3. The normalized spacial score (nSPS) is 15.8. The maximum Gasteiger partial charge on any atom is 0.210 e. The average molecular weight is 293 g/mol. The second-order valence-corrected chi connectivity index (χ2v) is 6.35. The summed E-state index contributed by atoms with van der Waals surface area (Å²) in [5, 5.41) is 6.27. The fourth-order valence-corrected chi connectivity index (χ4v) is 3.47. The van der Waals surface area contributed by atoms with Crippen LogP contribution in [0.3, 0.4) is 0 Å². The van der Waals surface area contributed by atoms with Gasteiger partial charge in [0.1, 0.15) is 6.54 Å². The van der Waals surface area contributed by atoms with Crippen LogP contribution in [0.5, 0.6) is 0 Å². The van der Waals surface area contributed by atoms with E-state index in [0.717, 1.165) is 13.0 Å². The number of hydrogen-bond acceptors (Lipinski definition) is 1. The minimum Gasteiger partial charge on any atom is -0.199 e. The van der Waals surface area contributed by atoms with Gasteiger partial charge in [-0.05, 0) is 36.2 Å². The van der Waals surface area contributed by atoms with Crippen LogP contribution >= 0.6 is 0 Å². The topological polar surface area (TPSA) is 51.8 Å². The van der Waals surface area contributed by atoms with Gasteiger partial charge < -0.3 is 0 Å². The van der Waals surface area contributed by atoms with Gasteiger partial charge in [0.15, 0.2) is 5.71 Å². The first kappa shape index (κ1) is 14.6. The van der Waals surface area contributed by atoms with E-state index in [-0.39, 0.29) is 5.41 Å². The van der Waals surface area contributed by atoms with Crippen molar-refractivity contribution < 1.29 is 4.58 Å². The Labute approximate surface area is 130 Å². The second kappa shape index (κ2) is 5.47. The minimum atomic E-state index is 0.0225. The number of nitrogens with zero attached hydrogens (tertiary/aromatic N) is 4. The van der Waals surface area contributed by atoms with Crippen LogP contribution in [0, 0.1) is 0 Å². The van der Waals surface area contributed by atoms with Crippen molar-refractivity contribution in [3.8, 4) is 0 Å². The molecule has 0 amide bonds. The predicted molar refractivity (Wildman–Crippen MR) is 91.1 cm³/mol. The van der Waals surface area contributed by atoms with E-state index < -0.39 is 0 Å². The Hall–Kier alpha value is -2.32. The van der Waals surface area contributed by atoms with Gasteiger partial charge in [0.2, 0.25) is 5.69 Å². The first-order valence-corrected chi connectivity index (χ1v) is 7.72. The van der Waals surface area contributed by atoms with E-state index in [4.69, 9.17) is 5.53 Å². The molecule has 3 rings (SSSR count). The zero-order chi connectivity index (χ0) is 15.7. The van der Waals surface area contributed by atoms with Gasteiger partial charge >= 0.3 is 0 Å². The van der Waals surface area contributed by atoms with Gasteiger partial charge in [-0.25, -0.2) is 0 Å². The molecule has 22 heavy (non-hydrogen) atoms. The molecule has 0 fully saturated rings. The van der Waals surface area contributed by atoms with Crippen molar-refractivity contribution >= 4 is 22.2 Å². The molecule has 1 aliphatic heterocycles. The summed E-state index contributed by atoms with van der Waals surface area (Å²) in [6.07, 6.45) is 0.865. The zero-order valence-corrected chi connectivity index (χ0v) is 13.4. The van der Waals surface area contributed by atoms with E-state index >= 15 is 0 Å². The lowest BCUT2D eigenvalue weighted by Crippen LogP contribution is -2.27. The Balaban J connectivity index is 2.09. The third-order valence-corrected chi connectivity index (χ3v) is 4.84. The van der Waals surface area contributed by atoms with Crippen molar-refractivity contribution in [2.45, 2.75) is 32.6 Å². The highest BCUT2D eigenvalue weighted by atomic mass is 15.1. The summed E-state index contributed by atoms with van der Waals surface area (Å²) < 4.78 is 2.38. The van der Waals surface area contributed by atoms with E-state index in [9.17, 15) is 0 Å². The number of rotatable bonds is 4. The van der Waals surface area contributed by atoms with Crippen LogP contribution in [-0.2, 0) is 5.41 Å². The molecule has 1 aliphatic rings. The molecule has 0 aliphatic carbocycles. The molecular weight excluding hydrogens is 272 g/mol. The van der Waals surface area contributed by atoms with Gasteiger partial charge in [0, 0.05) is 36.4 Å². The quantitative estimate of drug-likeness (QED) is 0.252. The van der Waals surface area contributed by atoms with Gasteiger partial charge in [0.05, 0.1) is 5.41 Å². The molecule has 1 heterocycles. The first-order chi connectivity index (χ1) is 10.6. The molecule has 2 aromatic carbocycles. The van der Waals surface area contributed by atoms with Crippen molar-refractivity contribution in [3.63, 3.8) is 0 Å². The first-order valence-electron chi connectivity index (χ1n) is 7.72. The van der Waals surface area contributed by atoms with E-state index in [0.29, 0.717) is 6.54 Å². The third kappa shape index (κ3) is 2.16. The molecule has 0 N–H and O–H groups in total. The maximum atomic E-state index is 8.41. The second-order valence-electron chi connectivity index (χ2n) is 6.35. The standard InChI is InChI=1S/C18H21N4/c1-13-18(2,3)17-15-8-5-4-7-14(15)9-10-16(17)22(13)12-6-11-20-21-19/h4-5,7-10H,6,11-12H2,1-3H3/q+1. The molecule has 4 heteroatoms. The lowest BCUT2D eigenvalue weighted by atomic mass is 9.80. The highest BCUT2D eigenvalue weighted by molar-refractivity contribution is 6.01. The highest BCUT2D eigenvalue weighted by Gasteiger charge is 2.43. The molecule has 0 bridgehead atoms. The van der Waals surface area contributed by atoms with Crippen LogP contribution in [0.1, 0.15) is 32.8 Å². The molecule has 112 valence electrons. The number of azide groups is 1. The van der Waals surface area contributed by atoms with Gasteiger partial charge in [-0.2, -0.15) is 4.58 Å². The molecule has 0 atom stereocenters. The molecule has 2 aromatic rings. The summed E-state index contributed by atoms with van der Waals surface area (Å²) in [5.41, 5.74) is 12.5. The van der Waals surface area contributed by atoms with Crippen molar-refractivity contribution in [1.29, 1.82) is 0 Å². The fraction of sp³-hybridized carbons (Fsp3) is 0.389. The lowest BCUT2D eigenvalue weighted by Gasteiger charge is -2.17. The van der Waals surface area contributed by atoms with Gasteiger partial charge in [-0.1, -0.05) is 29.4 Å². The lowest BCUT2D eigenvalue weighted by molar-refractivity contribution is -0.439. The van der Waals surface area contributed by atoms with Crippen molar-refractivity contribution in [2.75, 3.05) is 13.1 Å². The Morgan fingerprint density at radius 2 is 1.95 bits per heavy atom. The summed E-state index contributed by atoms with van der Waals surface area (Å²) in [7, 11) is 0. The average Bonchev–Trinajstić information content (AvgIpc) is 2.72. The summed E-state index contributed by atoms with van der Waals surface area (Å²) in [6, 6.07) is 13.0. The van der Waals surface area contributed by atoms with Gasteiger partial charge in [-0.3, -0.25) is 0 Å². The van der Waals surface area contributed by atoms with Gasteiger partial charge in [-0.15, -0.1) is 0 Å². The van der Waals surface area contributed by atoms with Crippen LogP contribution in [-0.4, -0.2) is 23.4 Å². The predicted octanol–water partition coefficient (Wildman–Crippen LogP) is 4.94. The van der Waals surface area contributed by atoms with E-state index in [1.807, 2.05) is 0 Å². The molecular formula is C18H21N4+. The van der Waals surface area contributed by atoms with E-state index in [1.54, 1.807) is 0 Å². The monoisotopic (exact) mass is 293 g/mol. The summed E-state index contributed by atoms with van der Waals surface area (Å²) in [4.78, 5) is 2.83. The Morgan fingerprint density at radius 3 is 2.73 bits per heavy atom. The Bertz CT molecular complexity index is 811. The zero-order valence-electron chi connectivity index (χ0n) is 13.4. The molecule has 4 nitrogen and oxygen atoms in total. The largest absolute Gasteiger partial charge is 0.210 e. The summed E-state index contributed by atoms with van der Waals surface area (Å²) >= 11 is 0. The van der Waals surface area contributed by atoms with Crippen LogP contribution in [0.15, 0.2) is 41.5 Å². The van der Waals surface area contributed by atoms with Crippen LogP contribution in [0.25, 0.3) is 21.2 Å². The molecule has 0 saturated carbocycles. The maximum absolute atomic E-state index is 8.41. The molecule has 0 radical (unpaired) electrons. The van der Waals surface area contributed by atoms with Crippen molar-refractivity contribution in [2.24, 2.45) is 5.11 Å². The van der Waals surface area contributed by atoms with E-state index in [1.165, 1.54) is 27.7 Å². The van der Waals surface area contributed by atoms with Crippen molar-refractivity contribution in [3.05, 3.63) is 52.4 Å². The van der Waals surface area contributed by atoms with Crippen LogP contribution in [0.2, 0.25) is 0 Å². The number of benzene rings is 2. The fourth-order valence-electron chi connectivity index (χ4n) is 3.47. The van der Waals surface area contributed by atoms with E-state index in [2.05, 4.69) is 71.8 Å². The smallest absolute Gasteiger partial charge is 0.199 e. The SMILES string of the molecule is CC1=[N+](CCCN=[N+]=[N-])c2ccc3ccccc3c2C1(C)C. The highest BCUT2D eigenvalue weighted by Crippen LogP contribution is 2.43. The van der Waals surface area contributed by atoms with Crippen molar-refractivity contribution in [1.82, 2.24) is 0 Å². The minimum absolute atomic E-state index is 0.0225. The summed E-state index contributed by atoms with van der Waals surface area (Å²) in [6.45, 7) is 8.23. The molecule has 0 spiro atoms. The third-order valence-electron chi connectivity index (χ3n) is 4.84. The van der Waals surface area contributed by atoms with Crippen LogP contribution in [0.4, 0.5) is 5.69 Å². The summed E-state index contributed by atoms with van der Waals surface area (Å²) in [5.74, 6) is 0. The molecule has 0 aromatic heterocycles. The van der Waals surface area contributed by atoms with Gasteiger partial charge in [0.25, 0.3) is 0 Å². The Kier molecular flexibility index (Phi) is 3.63. The number of hydrogen-bond donors (Lipinski definition) is 0. The van der Waals surface area contributed by atoms with Crippen LogP contribution < -0.4 is 0 Å². The Morgan fingerprint density at radius 1 is 1.18 bits per heavy atom. The molecule has 0 saturated heterocycles.